The molecule has 32 heavy (non-hydrogen) atoms. The van der Waals surface area contributed by atoms with E-state index in [4.69, 9.17) is 4.98 Å². The molecule has 2 aromatic heterocycles. The van der Waals surface area contributed by atoms with Crippen molar-refractivity contribution in [1.29, 1.82) is 0 Å². The summed E-state index contributed by atoms with van der Waals surface area (Å²) in [5.74, 6) is 0.372. The number of hydrogen-bond acceptors (Lipinski definition) is 4. The molecule has 0 saturated heterocycles. The van der Waals surface area contributed by atoms with E-state index in [1.165, 1.54) is 23.3 Å². The van der Waals surface area contributed by atoms with Gasteiger partial charge in [0.25, 0.3) is 0 Å². The number of nitrogens with one attached hydrogen (secondary N) is 2. The lowest BCUT2D eigenvalue weighted by Gasteiger charge is -2.04. The van der Waals surface area contributed by atoms with Crippen molar-refractivity contribution in [2.24, 2.45) is 7.05 Å². The van der Waals surface area contributed by atoms with Crippen LogP contribution in [-0.4, -0.2) is 24.9 Å². The minimum absolute atomic E-state index is 0.0688. The fourth-order valence-corrected chi connectivity index (χ4v) is 4.38. The van der Waals surface area contributed by atoms with E-state index < -0.39 is 0 Å². The van der Waals surface area contributed by atoms with Crippen LogP contribution < -0.4 is 5.32 Å². The zero-order valence-electron chi connectivity index (χ0n) is 17.4. The molecule has 3 aromatic carbocycles. The second kappa shape index (κ2) is 7.03. The Kier molecular flexibility index (Phi) is 4.13. The number of benzene rings is 3. The van der Waals surface area contributed by atoms with Gasteiger partial charge in [0.2, 0.25) is 0 Å². The molecule has 6 nitrogen and oxygen atoms in total. The summed E-state index contributed by atoms with van der Waals surface area (Å²) in [7, 11) is 1.79. The van der Waals surface area contributed by atoms with Gasteiger partial charge in [-0.15, -0.1) is 0 Å². The molecule has 0 amide bonds. The molecule has 7 heteroatoms. The van der Waals surface area contributed by atoms with Gasteiger partial charge in [-0.2, -0.15) is 5.10 Å². The van der Waals surface area contributed by atoms with Crippen molar-refractivity contribution in [2.45, 2.75) is 13.1 Å². The summed E-state index contributed by atoms with van der Waals surface area (Å²) < 4.78 is 15.2. The molecule has 0 spiro atoms. The summed E-state index contributed by atoms with van der Waals surface area (Å²) in [5, 5.41) is 18.9. The number of rotatable bonds is 3. The summed E-state index contributed by atoms with van der Waals surface area (Å²) >= 11 is 0. The van der Waals surface area contributed by atoms with Gasteiger partial charge < -0.3 is 15.4 Å². The van der Waals surface area contributed by atoms with Crippen molar-refractivity contribution in [2.75, 3.05) is 0 Å². The molecule has 0 atom stereocenters. The summed E-state index contributed by atoms with van der Waals surface area (Å²) in [5.41, 5.74) is 7.78. The highest BCUT2D eigenvalue weighted by Crippen LogP contribution is 2.38. The smallest absolute Gasteiger partial charge is 0.173 e. The minimum atomic E-state index is -0.272. The first-order chi connectivity index (χ1) is 15.6. The maximum atomic E-state index is 13.5. The van der Waals surface area contributed by atoms with Crippen LogP contribution in [0, 0.1) is 5.82 Å². The topological polar surface area (TPSA) is 78.8 Å². The summed E-state index contributed by atoms with van der Waals surface area (Å²) in [6.07, 6.45) is 0. The molecule has 0 unspecified atom stereocenters. The van der Waals surface area contributed by atoms with Crippen LogP contribution in [0.1, 0.15) is 11.1 Å². The number of aryl methyl sites for hydroxylation is 1. The van der Waals surface area contributed by atoms with Crippen molar-refractivity contribution >= 4 is 11.0 Å². The Labute approximate surface area is 183 Å². The molecule has 158 valence electrons. The molecule has 0 saturated carbocycles. The highest BCUT2D eigenvalue weighted by atomic mass is 19.1. The molecule has 3 heterocycles. The first kappa shape index (κ1) is 18.8. The fourth-order valence-electron chi connectivity index (χ4n) is 4.38. The molecule has 6 rings (SSSR count). The van der Waals surface area contributed by atoms with Crippen LogP contribution in [0.4, 0.5) is 4.39 Å². The van der Waals surface area contributed by atoms with Crippen LogP contribution in [0.25, 0.3) is 44.9 Å². The van der Waals surface area contributed by atoms with Gasteiger partial charge in [0.15, 0.2) is 11.6 Å². The van der Waals surface area contributed by atoms with Crippen LogP contribution in [0.15, 0.2) is 60.7 Å². The van der Waals surface area contributed by atoms with Gasteiger partial charge in [0.05, 0.1) is 11.0 Å². The Morgan fingerprint density at radius 1 is 0.938 bits per heavy atom. The average Bonchev–Trinajstić information content (AvgIpc) is 3.48. The summed E-state index contributed by atoms with van der Waals surface area (Å²) in [4.78, 5) is 8.04. The van der Waals surface area contributed by atoms with Crippen molar-refractivity contribution in [3.63, 3.8) is 0 Å². The van der Waals surface area contributed by atoms with Crippen molar-refractivity contribution < 1.29 is 9.50 Å². The number of aromatic nitrogens is 4. The first-order valence-electron chi connectivity index (χ1n) is 10.4. The zero-order chi connectivity index (χ0) is 21.8. The minimum Gasteiger partial charge on any atom is -0.504 e. The molecule has 0 aliphatic carbocycles. The maximum absolute atomic E-state index is 13.5. The maximum Gasteiger partial charge on any atom is 0.173 e. The molecular formula is C25H20FN5O. The largest absolute Gasteiger partial charge is 0.504 e. The summed E-state index contributed by atoms with van der Waals surface area (Å²) in [6.45, 7) is 1.70. The highest BCUT2D eigenvalue weighted by molar-refractivity contribution is 5.84. The average molecular weight is 425 g/mol. The van der Waals surface area contributed by atoms with Crippen LogP contribution in [0.5, 0.6) is 5.75 Å². The predicted molar refractivity (Wildman–Crippen MR) is 121 cm³/mol. The Morgan fingerprint density at radius 2 is 1.69 bits per heavy atom. The number of aromatic amines is 1. The van der Waals surface area contributed by atoms with Gasteiger partial charge in [-0.1, -0.05) is 36.4 Å². The van der Waals surface area contributed by atoms with E-state index >= 15 is 0 Å². The number of hydrogen-bond donors (Lipinski definition) is 3. The normalized spacial score (nSPS) is 13.1. The van der Waals surface area contributed by atoms with Crippen LogP contribution in [0.2, 0.25) is 0 Å². The predicted octanol–water partition coefficient (Wildman–Crippen LogP) is 4.75. The Morgan fingerprint density at radius 3 is 2.47 bits per heavy atom. The third-order valence-corrected chi connectivity index (χ3v) is 6.00. The molecule has 1 aliphatic rings. The Hall–Kier alpha value is -3.97. The second-order valence-electron chi connectivity index (χ2n) is 8.08. The quantitative estimate of drug-likeness (QED) is 0.390. The second-order valence-corrected chi connectivity index (χ2v) is 8.08. The van der Waals surface area contributed by atoms with Crippen LogP contribution in [-0.2, 0) is 20.1 Å². The molecule has 0 fully saturated rings. The van der Waals surface area contributed by atoms with E-state index in [1.54, 1.807) is 17.8 Å². The van der Waals surface area contributed by atoms with Crippen molar-refractivity contribution in [1.82, 2.24) is 25.1 Å². The van der Waals surface area contributed by atoms with E-state index in [-0.39, 0.29) is 11.6 Å². The van der Waals surface area contributed by atoms with Crippen LogP contribution in [0.3, 0.4) is 0 Å². The van der Waals surface area contributed by atoms with Gasteiger partial charge >= 0.3 is 0 Å². The Bertz CT molecular complexity index is 1440. The SMILES string of the molecule is Cn1nc(-c2ccc(-c3cccc(F)c3)cc2)c(O)c1-c1nc2cc3c(cc2[nH]1)CNC3. The standard InChI is InChI=1S/C25H20FN5O/c1-31-23(25-28-20-10-17-12-27-13-18(17)11-21(20)29-25)24(32)22(30-31)15-7-5-14(6-8-15)16-3-2-4-19(26)9-16/h2-11,27,32H,12-13H2,1H3,(H,28,29). The monoisotopic (exact) mass is 425 g/mol. The van der Waals surface area contributed by atoms with Crippen molar-refractivity contribution in [3.05, 3.63) is 77.6 Å². The molecular weight excluding hydrogens is 405 g/mol. The van der Waals surface area contributed by atoms with E-state index in [9.17, 15) is 9.50 Å². The highest BCUT2D eigenvalue weighted by Gasteiger charge is 2.22. The molecule has 0 bridgehead atoms. The Balaban J connectivity index is 1.38. The number of imidazole rings is 1. The number of H-pyrrole nitrogens is 1. The lowest BCUT2D eigenvalue weighted by molar-refractivity contribution is 0.478. The first-order valence-corrected chi connectivity index (χ1v) is 10.4. The van der Waals surface area contributed by atoms with Gasteiger partial charge in [-0.05, 0) is 46.5 Å². The number of fused-ring (bicyclic) bond motifs is 2. The number of aromatic hydroxyl groups is 1. The molecule has 5 aromatic rings. The molecule has 0 radical (unpaired) electrons. The lowest BCUT2D eigenvalue weighted by atomic mass is 10.0. The molecule has 1 aliphatic heterocycles. The zero-order valence-corrected chi connectivity index (χ0v) is 17.4. The van der Waals surface area contributed by atoms with E-state index in [2.05, 4.69) is 27.5 Å². The van der Waals surface area contributed by atoms with Gasteiger partial charge in [-0.3, -0.25) is 4.68 Å². The van der Waals surface area contributed by atoms with Gasteiger partial charge in [0, 0.05) is 25.7 Å². The van der Waals surface area contributed by atoms with Crippen molar-refractivity contribution in [3.8, 4) is 39.7 Å². The van der Waals surface area contributed by atoms with Crippen LogP contribution >= 0.6 is 0 Å². The third-order valence-electron chi connectivity index (χ3n) is 6.00. The van der Waals surface area contributed by atoms with E-state index in [0.29, 0.717) is 17.2 Å². The fraction of sp³-hybridized carbons (Fsp3) is 0.120. The van der Waals surface area contributed by atoms with Gasteiger partial charge in [0.1, 0.15) is 17.2 Å². The third kappa shape index (κ3) is 2.98. The molecule has 3 N–H and O–H groups in total. The van der Waals surface area contributed by atoms with E-state index in [0.717, 1.165) is 40.8 Å². The lowest BCUT2D eigenvalue weighted by Crippen LogP contribution is -1.99. The number of nitrogens with zero attached hydrogens (tertiary/aromatic N) is 3. The van der Waals surface area contributed by atoms with E-state index in [1.807, 2.05) is 30.3 Å². The summed E-state index contributed by atoms with van der Waals surface area (Å²) in [6, 6.07) is 18.2. The number of halogens is 1. The van der Waals surface area contributed by atoms with Gasteiger partial charge in [-0.25, -0.2) is 9.37 Å².